The first kappa shape index (κ1) is 43.7. The van der Waals surface area contributed by atoms with Crippen LogP contribution in [0.2, 0.25) is 0 Å². The van der Waals surface area contributed by atoms with Crippen molar-refractivity contribution >= 4 is 11.8 Å². The summed E-state index contributed by atoms with van der Waals surface area (Å²) in [6, 6.07) is -1.01. The van der Waals surface area contributed by atoms with E-state index in [-0.39, 0.29) is 18.4 Å². The number of amides is 2. The number of ether oxygens (including phenoxy) is 2. The molecule has 0 unspecified atom stereocenters. The topological polar surface area (TPSA) is 158 Å². The molecule has 1 aliphatic heterocycles. The Bertz CT molecular complexity index is 756. The monoisotopic (exact) mass is 673 g/mol. The van der Waals surface area contributed by atoms with E-state index in [1.807, 2.05) is 0 Å². The molecule has 0 bridgehead atoms. The summed E-state index contributed by atoms with van der Waals surface area (Å²) in [5.74, 6) is -0.633. The highest BCUT2D eigenvalue weighted by molar-refractivity contribution is 5.87. The molecule has 1 saturated heterocycles. The van der Waals surface area contributed by atoms with Gasteiger partial charge in [-0.1, -0.05) is 149 Å². The van der Waals surface area contributed by atoms with Crippen LogP contribution in [0.15, 0.2) is 0 Å². The van der Waals surface area contributed by atoms with Crippen LogP contribution in [0, 0.1) is 0 Å². The van der Waals surface area contributed by atoms with Gasteiger partial charge in [0.15, 0.2) is 6.29 Å². The van der Waals surface area contributed by atoms with Crippen LogP contribution in [0.5, 0.6) is 0 Å². The fraction of sp³-hybridized carbons (Fsp3) is 0.946. The number of hydrogen-bond acceptors (Lipinski definition) is 8. The van der Waals surface area contributed by atoms with Gasteiger partial charge in [0, 0.05) is 13.0 Å². The first-order chi connectivity index (χ1) is 22.8. The minimum Gasteiger partial charge on any atom is -0.394 e. The lowest BCUT2D eigenvalue weighted by molar-refractivity contribution is -0.301. The lowest BCUT2D eigenvalue weighted by atomic mass is 9.99. The second kappa shape index (κ2) is 29.6. The molecule has 1 rings (SSSR count). The van der Waals surface area contributed by atoms with E-state index >= 15 is 0 Å². The van der Waals surface area contributed by atoms with Crippen molar-refractivity contribution in [2.24, 2.45) is 0 Å². The number of aliphatic hydroxyl groups is 4. The molecule has 0 saturated carbocycles. The Balaban J connectivity index is 2.37. The van der Waals surface area contributed by atoms with E-state index in [2.05, 4.69) is 24.5 Å². The van der Waals surface area contributed by atoms with Gasteiger partial charge in [0.25, 0.3) is 0 Å². The number of carbonyl (C=O) groups is 2. The first-order valence-electron chi connectivity index (χ1n) is 19.3. The minimum atomic E-state index is -1.58. The summed E-state index contributed by atoms with van der Waals surface area (Å²) in [4.78, 5) is 25.8. The van der Waals surface area contributed by atoms with Gasteiger partial charge in [-0.05, 0) is 12.8 Å². The zero-order valence-corrected chi connectivity index (χ0v) is 30.0. The number of aliphatic hydroxyl groups excluding tert-OH is 4. The quantitative estimate of drug-likeness (QED) is 0.0504. The highest BCUT2D eigenvalue weighted by Gasteiger charge is 2.44. The maximum absolute atomic E-state index is 13.1. The highest BCUT2D eigenvalue weighted by atomic mass is 16.7. The molecular weight excluding hydrogens is 600 g/mol. The van der Waals surface area contributed by atoms with Crippen LogP contribution in [0.3, 0.4) is 0 Å². The van der Waals surface area contributed by atoms with Crippen molar-refractivity contribution in [1.29, 1.82) is 0 Å². The second-order valence-electron chi connectivity index (χ2n) is 13.6. The summed E-state index contributed by atoms with van der Waals surface area (Å²) in [6.07, 6.45) is 21.0. The number of rotatable bonds is 31. The van der Waals surface area contributed by atoms with Crippen molar-refractivity contribution in [1.82, 2.24) is 10.6 Å². The smallest absolute Gasteiger partial charge is 0.244 e. The predicted octanol–water partition coefficient (Wildman–Crippen LogP) is 5.81. The zero-order valence-electron chi connectivity index (χ0n) is 30.0. The van der Waals surface area contributed by atoms with Gasteiger partial charge < -0.3 is 40.5 Å². The predicted molar refractivity (Wildman–Crippen MR) is 187 cm³/mol. The van der Waals surface area contributed by atoms with Gasteiger partial charge in [0.2, 0.25) is 11.8 Å². The molecule has 0 aromatic heterocycles. The van der Waals surface area contributed by atoms with Crippen LogP contribution in [-0.2, 0) is 19.1 Å². The Morgan fingerprint density at radius 1 is 0.638 bits per heavy atom. The van der Waals surface area contributed by atoms with Gasteiger partial charge in [-0.2, -0.15) is 0 Å². The molecule has 47 heavy (non-hydrogen) atoms. The molecule has 1 fully saturated rings. The molecule has 278 valence electrons. The summed E-state index contributed by atoms with van der Waals surface area (Å²) in [7, 11) is 0. The van der Waals surface area contributed by atoms with Crippen LogP contribution in [0.25, 0.3) is 0 Å². The average Bonchev–Trinajstić information content (AvgIpc) is 3.07. The molecule has 0 aromatic rings. The molecule has 10 heteroatoms. The first-order valence-corrected chi connectivity index (χ1v) is 19.3. The van der Waals surface area contributed by atoms with Crippen molar-refractivity contribution in [3.63, 3.8) is 0 Å². The van der Waals surface area contributed by atoms with E-state index < -0.39 is 43.4 Å². The normalized spacial score (nSPS) is 21.9. The fourth-order valence-corrected chi connectivity index (χ4v) is 6.10. The average molecular weight is 673 g/mol. The van der Waals surface area contributed by atoms with Gasteiger partial charge in [-0.15, -0.1) is 0 Å². The minimum absolute atomic E-state index is 0.246. The summed E-state index contributed by atoms with van der Waals surface area (Å²) in [6.45, 7) is 4.07. The number of carbonyl (C=O) groups excluding carboxylic acids is 2. The largest absolute Gasteiger partial charge is 0.394 e. The molecule has 6 N–H and O–H groups in total. The third kappa shape index (κ3) is 21.4. The molecule has 10 nitrogen and oxygen atoms in total. The highest BCUT2D eigenvalue weighted by Crippen LogP contribution is 2.22. The van der Waals surface area contributed by atoms with E-state index in [0.717, 1.165) is 38.5 Å². The van der Waals surface area contributed by atoms with E-state index in [0.29, 0.717) is 13.0 Å². The number of unbranched alkanes of at least 4 members (excludes halogenated alkanes) is 21. The van der Waals surface area contributed by atoms with Crippen LogP contribution < -0.4 is 10.6 Å². The number of nitrogens with one attached hydrogen (secondary N) is 2. The van der Waals surface area contributed by atoms with Crippen molar-refractivity contribution in [2.75, 3.05) is 19.8 Å². The molecule has 6 atom stereocenters. The fourth-order valence-electron chi connectivity index (χ4n) is 6.10. The standard InChI is InChI=1S/C37H72N2O8/c1-3-5-7-9-11-13-14-15-16-17-18-19-20-22-24-26-32(41)39-30(36(45)38-27-25-23-21-12-10-8-6-4-2)29-46-37-35(44)34(43)33(42)31(28-40)47-37/h30-31,33-35,37,40,42-44H,3-29H2,1-2H3,(H,38,45)(H,39,41)/t30-,31+,33-,34-,35+,37+/m0/s1. The van der Waals surface area contributed by atoms with Gasteiger partial charge in [0.1, 0.15) is 30.5 Å². The molecule has 0 spiro atoms. The van der Waals surface area contributed by atoms with E-state index in [1.165, 1.54) is 109 Å². The third-order valence-corrected chi connectivity index (χ3v) is 9.26. The Hall–Kier alpha value is -1.30. The van der Waals surface area contributed by atoms with Gasteiger partial charge in [0.05, 0.1) is 13.2 Å². The molecule has 0 aliphatic carbocycles. The van der Waals surface area contributed by atoms with Crippen molar-refractivity contribution in [3.05, 3.63) is 0 Å². The third-order valence-electron chi connectivity index (χ3n) is 9.26. The lowest BCUT2D eigenvalue weighted by Crippen LogP contribution is -2.60. The Morgan fingerprint density at radius 2 is 1.09 bits per heavy atom. The summed E-state index contributed by atoms with van der Waals surface area (Å²) < 4.78 is 11.0. The Morgan fingerprint density at radius 3 is 1.55 bits per heavy atom. The maximum atomic E-state index is 13.1. The van der Waals surface area contributed by atoms with Gasteiger partial charge >= 0.3 is 0 Å². The van der Waals surface area contributed by atoms with Crippen LogP contribution in [-0.4, -0.2) is 88.7 Å². The van der Waals surface area contributed by atoms with Crippen molar-refractivity contribution in [3.8, 4) is 0 Å². The van der Waals surface area contributed by atoms with Crippen LogP contribution in [0.4, 0.5) is 0 Å². The van der Waals surface area contributed by atoms with Gasteiger partial charge in [-0.25, -0.2) is 0 Å². The Labute approximate surface area is 286 Å². The zero-order chi connectivity index (χ0) is 34.5. The molecule has 0 radical (unpaired) electrons. The van der Waals surface area contributed by atoms with E-state index in [9.17, 15) is 30.0 Å². The molecular formula is C37H72N2O8. The summed E-state index contributed by atoms with van der Waals surface area (Å²) in [5, 5.41) is 45.5. The van der Waals surface area contributed by atoms with Crippen LogP contribution >= 0.6 is 0 Å². The maximum Gasteiger partial charge on any atom is 0.244 e. The van der Waals surface area contributed by atoms with E-state index in [4.69, 9.17) is 9.47 Å². The van der Waals surface area contributed by atoms with Gasteiger partial charge in [-0.3, -0.25) is 9.59 Å². The Kier molecular flexibility index (Phi) is 27.5. The summed E-state index contributed by atoms with van der Waals surface area (Å²) >= 11 is 0. The molecule has 0 aromatic carbocycles. The summed E-state index contributed by atoms with van der Waals surface area (Å²) in [5.41, 5.74) is 0. The van der Waals surface area contributed by atoms with Crippen molar-refractivity contribution in [2.45, 2.75) is 205 Å². The SMILES string of the molecule is CCCCCCCCCCCCCCCCCC(=O)N[C@@H](CO[C@@H]1O[C@H](CO)[C@H](O)[C@H](O)[C@H]1O)C(=O)NCCCCCCCCCC. The molecule has 1 heterocycles. The number of hydrogen-bond donors (Lipinski definition) is 6. The molecule has 2 amide bonds. The lowest BCUT2D eigenvalue weighted by Gasteiger charge is -2.39. The van der Waals surface area contributed by atoms with Crippen molar-refractivity contribution < 1.29 is 39.5 Å². The van der Waals surface area contributed by atoms with E-state index in [1.54, 1.807) is 0 Å². The molecule has 1 aliphatic rings. The second-order valence-corrected chi connectivity index (χ2v) is 13.6. The van der Waals surface area contributed by atoms with Crippen LogP contribution in [0.1, 0.15) is 168 Å².